The molecule has 0 radical (unpaired) electrons. The smallest absolute Gasteiger partial charge is 0.239 e. The van der Waals surface area contributed by atoms with E-state index in [-0.39, 0.29) is 49.3 Å². The van der Waals surface area contributed by atoms with E-state index in [1.165, 1.54) is 11.3 Å². The molecule has 2 aliphatic rings. The fourth-order valence-electron chi connectivity index (χ4n) is 3.71. The second-order valence-electron chi connectivity index (χ2n) is 7.28. The van der Waals surface area contributed by atoms with Crippen molar-refractivity contribution in [3.05, 3.63) is 11.6 Å². The highest BCUT2D eigenvalue weighted by Crippen LogP contribution is 2.24. The highest BCUT2D eigenvalue weighted by Gasteiger charge is 2.29. The zero-order valence-corrected chi connectivity index (χ0v) is 16.8. The lowest BCUT2D eigenvalue weighted by Gasteiger charge is -2.28. The monoisotopic (exact) mass is 408 g/mol. The zero-order chi connectivity index (χ0) is 19.8. The largest absolute Gasteiger partial charge is 0.376 e. The number of nitrogens with zero attached hydrogens (tertiary/aromatic N) is 2. The van der Waals surface area contributed by atoms with E-state index in [1.807, 2.05) is 0 Å². The first-order valence-electron chi connectivity index (χ1n) is 9.99. The lowest BCUT2D eigenvalue weighted by Crippen LogP contribution is -2.46. The maximum atomic E-state index is 12.8. The first kappa shape index (κ1) is 20.7. The Kier molecular flexibility index (Phi) is 7.79. The summed E-state index contributed by atoms with van der Waals surface area (Å²) in [6, 6.07) is 0.0861. The first-order valence-corrected chi connectivity index (χ1v) is 10.9. The summed E-state index contributed by atoms with van der Waals surface area (Å²) in [4.78, 5) is 42.8. The Hall–Kier alpha value is -2.00. The van der Waals surface area contributed by atoms with Crippen molar-refractivity contribution in [1.82, 2.24) is 15.2 Å². The van der Waals surface area contributed by atoms with Gasteiger partial charge in [0.15, 0.2) is 5.13 Å². The van der Waals surface area contributed by atoms with Crippen LogP contribution in [0.5, 0.6) is 0 Å². The van der Waals surface area contributed by atoms with Gasteiger partial charge in [-0.15, -0.1) is 11.3 Å². The standard InChI is InChI=1S/C19H28N4O4S/c24-16(22-19-20-9-11-28-19)7-8-18(26)23(14-4-1-2-5-14)13-17(25)21-12-15-6-3-10-27-15/h9,11,14-15H,1-8,10,12-13H2,(H,21,25)(H,20,22,24)/t15-/m0/s1. The number of ether oxygens (including phenoxy) is 1. The van der Waals surface area contributed by atoms with Gasteiger partial charge in [-0.05, 0) is 25.7 Å². The molecule has 2 heterocycles. The van der Waals surface area contributed by atoms with Crippen molar-refractivity contribution in [2.75, 3.05) is 25.0 Å². The molecule has 1 saturated heterocycles. The van der Waals surface area contributed by atoms with Crippen LogP contribution in [0.25, 0.3) is 0 Å². The summed E-state index contributed by atoms with van der Waals surface area (Å²) in [7, 11) is 0. The Balaban J connectivity index is 1.47. The molecule has 0 aromatic carbocycles. The molecule has 28 heavy (non-hydrogen) atoms. The molecule has 1 aromatic heterocycles. The van der Waals surface area contributed by atoms with Crippen molar-refractivity contribution in [1.29, 1.82) is 0 Å². The molecule has 1 atom stereocenters. The Morgan fingerprint density at radius 3 is 2.64 bits per heavy atom. The number of thiazole rings is 1. The number of hydrogen-bond donors (Lipinski definition) is 2. The average molecular weight is 409 g/mol. The minimum atomic E-state index is -0.238. The van der Waals surface area contributed by atoms with Crippen LogP contribution in [0.2, 0.25) is 0 Å². The SMILES string of the molecule is O=C(CN(C(=O)CCC(=O)Nc1nccs1)C1CCCC1)NC[C@@H]1CCCO1. The summed E-state index contributed by atoms with van der Waals surface area (Å²) in [5.41, 5.74) is 0. The Bertz CT molecular complexity index is 655. The van der Waals surface area contributed by atoms with Crippen LogP contribution < -0.4 is 10.6 Å². The van der Waals surface area contributed by atoms with E-state index in [4.69, 9.17) is 4.74 Å². The van der Waals surface area contributed by atoms with Gasteiger partial charge in [-0.1, -0.05) is 12.8 Å². The Labute approximate surface area is 169 Å². The summed E-state index contributed by atoms with van der Waals surface area (Å²) in [5, 5.41) is 7.87. The molecular weight excluding hydrogens is 380 g/mol. The molecule has 1 aromatic rings. The molecule has 154 valence electrons. The third kappa shape index (κ3) is 6.27. The van der Waals surface area contributed by atoms with Gasteiger partial charge in [0.1, 0.15) is 0 Å². The van der Waals surface area contributed by atoms with Crippen LogP contribution >= 0.6 is 11.3 Å². The molecule has 2 fully saturated rings. The van der Waals surface area contributed by atoms with Crippen molar-refractivity contribution in [3.63, 3.8) is 0 Å². The number of hydrogen-bond acceptors (Lipinski definition) is 6. The molecule has 8 nitrogen and oxygen atoms in total. The van der Waals surface area contributed by atoms with Gasteiger partial charge in [0, 0.05) is 43.6 Å². The fraction of sp³-hybridized carbons (Fsp3) is 0.684. The molecule has 0 spiro atoms. The normalized spacial score (nSPS) is 19.5. The van der Waals surface area contributed by atoms with Crippen LogP contribution in [0, 0.1) is 0 Å². The van der Waals surface area contributed by atoms with E-state index in [2.05, 4.69) is 15.6 Å². The molecule has 1 aliphatic carbocycles. The quantitative estimate of drug-likeness (QED) is 0.650. The summed E-state index contributed by atoms with van der Waals surface area (Å²) < 4.78 is 5.52. The van der Waals surface area contributed by atoms with Gasteiger partial charge in [0.2, 0.25) is 17.7 Å². The van der Waals surface area contributed by atoms with E-state index in [1.54, 1.807) is 16.5 Å². The Morgan fingerprint density at radius 2 is 1.96 bits per heavy atom. The summed E-state index contributed by atoms with van der Waals surface area (Å²) >= 11 is 1.33. The predicted molar refractivity (Wildman–Crippen MR) is 106 cm³/mol. The van der Waals surface area contributed by atoms with E-state index < -0.39 is 0 Å². The second-order valence-corrected chi connectivity index (χ2v) is 8.18. The topological polar surface area (TPSA) is 101 Å². The van der Waals surface area contributed by atoms with Crippen molar-refractivity contribution in [3.8, 4) is 0 Å². The number of anilines is 1. The van der Waals surface area contributed by atoms with Gasteiger partial charge in [0.05, 0.1) is 12.6 Å². The van der Waals surface area contributed by atoms with Gasteiger partial charge >= 0.3 is 0 Å². The van der Waals surface area contributed by atoms with Gasteiger partial charge in [0.25, 0.3) is 0 Å². The third-order valence-corrected chi connectivity index (χ3v) is 5.88. The van der Waals surface area contributed by atoms with E-state index in [0.29, 0.717) is 11.7 Å². The molecular formula is C19H28N4O4S. The van der Waals surface area contributed by atoms with E-state index in [0.717, 1.165) is 45.1 Å². The summed E-state index contributed by atoms with van der Waals surface area (Å²) in [5.74, 6) is -0.547. The number of rotatable bonds is 9. The average Bonchev–Trinajstić information content (AvgIpc) is 3.45. The zero-order valence-electron chi connectivity index (χ0n) is 16.0. The third-order valence-electron chi connectivity index (χ3n) is 5.20. The number of carbonyl (C=O) groups is 3. The Morgan fingerprint density at radius 1 is 1.14 bits per heavy atom. The van der Waals surface area contributed by atoms with Crippen molar-refractivity contribution >= 4 is 34.2 Å². The minimum absolute atomic E-state index is 0.0460. The lowest BCUT2D eigenvalue weighted by atomic mass is 10.1. The first-order chi connectivity index (χ1) is 13.6. The molecule has 2 N–H and O–H groups in total. The molecule has 3 rings (SSSR count). The molecule has 1 aliphatic heterocycles. The van der Waals surface area contributed by atoms with Gasteiger partial charge in [-0.25, -0.2) is 4.98 Å². The minimum Gasteiger partial charge on any atom is -0.376 e. The maximum Gasteiger partial charge on any atom is 0.239 e. The van der Waals surface area contributed by atoms with Crippen molar-refractivity contribution in [2.45, 2.75) is 63.5 Å². The fourth-order valence-corrected chi connectivity index (χ4v) is 4.26. The summed E-state index contributed by atoms with van der Waals surface area (Å²) in [6.07, 6.45) is 7.80. The molecule has 9 heteroatoms. The van der Waals surface area contributed by atoms with Crippen LogP contribution in [-0.2, 0) is 19.1 Å². The summed E-state index contributed by atoms with van der Waals surface area (Å²) in [6.45, 7) is 1.28. The molecule has 0 bridgehead atoms. The number of amides is 3. The van der Waals surface area contributed by atoms with E-state index >= 15 is 0 Å². The van der Waals surface area contributed by atoms with E-state index in [9.17, 15) is 14.4 Å². The molecule has 1 saturated carbocycles. The van der Waals surface area contributed by atoms with Crippen LogP contribution in [0.3, 0.4) is 0 Å². The van der Waals surface area contributed by atoms with Crippen LogP contribution in [0.1, 0.15) is 51.4 Å². The second kappa shape index (κ2) is 10.5. The van der Waals surface area contributed by atoms with Crippen LogP contribution in [-0.4, -0.2) is 59.4 Å². The van der Waals surface area contributed by atoms with Crippen molar-refractivity contribution in [2.24, 2.45) is 0 Å². The highest BCUT2D eigenvalue weighted by atomic mass is 32.1. The predicted octanol–water partition coefficient (Wildman–Crippen LogP) is 1.93. The van der Waals surface area contributed by atoms with Gasteiger partial charge in [-0.3, -0.25) is 14.4 Å². The molecule has 0 unspecified atom stereocenters. The molecule has 3 amide bonds. The number of aromatic nitrogens is 1. The highest BCUT2D eigenvalue weighted by molar-refractivity contribution is 7.13. The number of nitrogens with one attached hydrogen (secondary N) is 2. The van der Waals surface area contributed by atoms with Crippen molar-refractivity contribution < 1.29 is 19.1 Å². The lowest BCUT2D eigenvalue weighted by molar-refractivity contribution is -0.139. The van der Waals surface area contributed by atoms with Crippen LogP contribution in [0.15, 0.2) is 11.6 Å². The van der Waals surface area contributed by atoms with Gasteiger partial charge < -0.3 is 20.3 Å². The maximum absolute atomic E-state index is 12.8. The number of carbonyl (C=O) groups excluding carboxylic acids is 3. The van der Waals surface area contributed by atoms with Gasteiger partial charge in [-0.2, -0.15) is 0 Å². The van der Waals surface area contributed by atoms with Crippen LogP contribution in [0.4, 0.5) is 5.13 Å².